The summed E-state index contributed by atoms with van der Waals surface area (Å²) in [6.45, 7) is -0.573. The monoisotopic (exact) mass is 322 g/mol. The molecule has 0 atom stereocenters. The fourth-order valence-electron chi connectivity index (χ4n) is 1.59. The van der Waals surface area contributed by atoms with Gasteiger partial charge in [0, 0.05) is 0 Å². The molecule has 0 saturated carbocycles. The van der Waals surface area contributed by atoms with E-state index in [2.05, 4.69) is 0 Å². The first-order valence-electron chi connectivity index (χ1n) is 6.46. The normalized spacial score (nSPS) is 10.0. The molecule has 0 unspecified atom stereocenters. The van der Waals surface area contributed by atoms with Crippen molar-refractivity contribution in [2.24, 2.45) is 0 Å². The minimum Gasteiger partial charge on any atom is -0.481 e. The van der Waals surface area contributed by atoms with Crippen LogP contribution in [0.25, 0.3) is 0 Å². The predicted molar refractivity (Wildman–Crippen MR) is 70.9 cm³/mol. The van der Waals surface area contributed by atoms with Crippen LogP contribution in [0.3, 0.4) is 0 Å². The van der Waals surface area contributed by atoms with Crippen molar-refractivity contribution in [2.45, 2.75) is 25.7 Å². The molecule has 0 saturated heterocycles. The third-order valence-corrected chi connectivity index (χ3v) is 2.71. The molecule has 0 aliphatic rings. The number of hydrogen-bond donors (Lipinski definition) is 2. The van der Waals surface area contributed by atoms with Crippen LogP contribution in [-0.2, 0) is 9.59 Å². The molecular weight excluding hydrogens is 304 g/mol. The van der Waals surface area contributed by atoms with Crippen LogP contribution in [0, 0.1) is 20.2 Å². The number of hydrogen-bond acceptors (Lipinski definition) is 6. The number of carboxylic acids is 2. The largest absolute Gasteiger partial charge is 0.481 e. The lowest BCUT2D eigenvalue weighted by Gasteiger charge is -2.15. The summed E-state index contributed by atoms with van der Waals surface area (Å²) in [7, 11) is 0. The molecule has 0 bridgehead atoms. The van der Waals surface area contributed by atoms with Crippen molar-refractivity contribution < 1.29 is 29.9 Å². The van der Waals surface area contributed by atoms with Gasteiger partial charge in [-0.1, -0.05) is 0 Å². The lowest BCUT2D eigenvalue weighted by atomic mass is 10.3. The van der Waals surface area contributed by atoms with E-state index in [1.54, 1.807) is 0 Å². The summed E-state index contributed by atoms with van der Waals surface area (Å²) in [5.41, 5.74) is 0. The van der Waals surface area contributed by atoms with Crippen molar-refractivity contribution in [3.8, 4) is 0 Å². The van der Waals surface area contributed by atoms with Crippen LogP contribution in [-0.4, -0.2) is 68.4 Å². The van der Waals surface area contributed by atoms with Crippen LogP contribution in [0.5, 0.6) is 0 Å². The van der Waals surface area contributed by atoms with Gasteiger partial charge in [-0.3, -0.25) is 9.59 Å². The second-order valence-electron chi connectivity index (χ2n) is 4.38. The van der Waals surface area contributed by atoms with Crippen molar-refractivity contribution >= 4 is 11.9 Å². The molecule has 0 rings (SSSR count). The number of hydrazine groups is 2. The molecule has 0 aromatic heterocycles. The van der Waals surface area contributed by atoms with Crippen LogP contribution in [0.4, 0.5) is 0 Å². The summed E-state index contributed by atoms with van der Waals surface area (Å²) in [5, 5.41) is 38.4. The van der Waals surface area contributed by atoms with Gasteiger partial charge in [-0.15, -0.1) is 10.0 Å². The van der Waals surface area contributed by atoms with Crippen LogP contribution in [0.15, 0.2) is 0 Å². The van der Waals surface area contributed by atoms with Crippen molar-refractivity contribution in [1.82, 2.24) is 10.0 Å². The standard InChI is InChI=1S/C10H18N4O8/c15-9(16)3-7-11(13(19)20)5-1-2-6-12(14(21)22)8-4-10(17)18/h1-8H2,(H,15,16)(H,17,18). The van der Waals surface area contributed by atoms with Crippen molar-refractivity contribution in [3.63, 3.8) is 0 Å². The van der Waals surface area contributed by atoms with Crippen LogP contribution >= 0.6 is 0 Å². The Bertz CT molecular complexity index is 378. The van der Waals surface area contributed by atoms with E-state index in [-0.39, 0.29) is 51.9 Å². The molecule has 0 aliphatic carbocycles. The predicted octanol–water partition coefficient (Wildman–Crippen LogP) is -0.297. The van der Waals surface area contributed by atoms with E-state index in [0.29, 0.717) is 0 Å². The molecule has 2 N–H and O–H groups in total. The molecule has 0 amide bonds. The third kappa shape index (κ3) is 9.28. The topological polar surface area (TPSA) is 167 Å². The van der Waals surface area contributed by atoms with Crippen molar-refractivity contribution in [1.29, 1.82) is 0 Å². The fourth-order valence-corrected chi connectivity index (χ4v) is 1.59. The molecule has 22 heavy (non-hydrogen) atoms. The maximum absolute atomic E-state index is 10.7. The van der Waals surface area contributed by atoms with Gasteiger partial charge < -0.3 is 10.2 Å². The minimum absolute atomic E-state index is 0.0369. The van der Waals surface area contributed by atoms with Gasteiger partial charge >= 0.3 is 11.9 Å². The number of nitro groups is 2. The van der Waals surface area contributed by atoms with Crippen molar-refractivity contribution in [3.05, 3.63) is 20.2 Å². The van der Waals surface area contributed by atoms with Gasteiger partial charge in [-0.2, -0.15) is 0 Å². The van der Waals surface area contributed by atoms with E-state index in [1.165, 1.54) is 0 Å². The smallest absolute Gasteiger partial charge is 0.305 e. The zero-order valence-electron chi connectivity index (χ0n) is 11.8. The molecule has 0 fully saturated rings. The van der Waals surface area contributed by atoms with Gasteiger partial charge in [-0.25, -0.2) is 20.2 Å². The van der Waals surface area contributed by atoms with Crippen LogP contribution < -0.4 is 0 Å². The second kappa shape index (κ2) is 10.1. The van der Waals surface area contributed by atoms with E-state index in [1.807, 2.05) is 0 Å². The maximum atomic E-state index is 10.7. The Balaban J connectivity index is 4.12. The molecule has 0 aromatic rings. The van der Waals surface area contributed by atoms with E-state index in [9.17, 15) is 29.8 Å². The van der Waals surface area contributed by atoms with Gasteiger partial charge in [0.25, 0.3) is 0 Å². The van der Waals surface area contributed by atoms with E-state index >= 15 is 0 Å². The van der Waals surface area contributed by atoms with E-state index < -0.39 is 22.0 Å². The quantitative estimate of drug-likeness (QED) is 0.261. The summed E-state index contributed by atoms with van der Waals surface area (Å²) in [4.78, 5) is 42.1. The lowest BCUT2D eigenvalue weighted by Crippen LogP contribution is -2.35. The van der Waals surface area contributed by atoms with Gasteiger partial charge in [-0.05, 0) is 12.8 Å². The van der Waals surface area contributed by atoms with Crippen LogP contribution in [0.2, 0.25) is 0 Å². The Kier molecular flexibility index (Phi) is 8.90. The highest BCUT2D eigenvalue weighted by molar-refractivity contribution is 5.67. The van der Waals surface area contributed by atoms with Gasteiger partial charge in [0.1, 0.15) is 0 Å². The number of rotatable bonds is 13. The highest BCUT2D eigenvalue weighted by atomic mass is 16.7. The molecule has 0 radical (unpaired) electrons. The maximum Gasteiger partial charge on any atom is 0.305 e. The van der Waals surface area contributed by atoms with Gasteiger partial charge in [0.05, 0.1) is 39.0 Å². The second-order valence-corrected chi connectivity index (χ2v) is 4.38. The summed E-state index contributed by atoms with van der Waals surface area (Å²) >= 11 is 0. The van der Waals surface area contributed by atoms with E-state index in [0.717, 1.165) is 10.0 Å². The lowest BCUT2D eigenvalue weighted by molar-refractivity contribution is -0.657. The molecule has 0 heterocycles. The Morgan fingerprint density at radius 1 is 0.773 bits per heavy atom. The Morgan fingerprint density at radius 3 is 1.32 bits per heavy atom. The van der Waals surface area contributed by atoms with Gasteiger partial charge in [0.2, 0.25) is 0 Å². The molecular formula is C10H18N4O8. The third-order valence-electron chi connectivity index (χ3n) is 2.71. The number of carbonyl (C=O) groups is 2. The Morgan fingerprint density at radius 2 is 1.09 bits per heavy atom. The van der Waals surface area contributed by atoms with Gasteiger partial charge in [0.15, 0.2) is 10.1 Å². The average Bonchev–Trinajstić information content (AvgIpc) is 2.39. The number of carboxylic acid groups (broad SMARTS) is 2. The zero-order valence-corrected chi connectivity index (χ0v) is 11.8. The Hall–Kier alpha value is -2.66. The first kappa shape index (κ1) is 19.3. The molecule has 0 spiro atoms. The zero-order chi connectivity index (χ0) is 17.1. The molecule has 126 valence electrons. The summed E-state index contributed by atoms with van der Waals surface area (Å²) in [5.74, 6) is -2.31. The highest BCUT2D eigenvalue weighted by Gasteiger charge is 2.18. The van der Waals surface area contributed by atoms with E-state index in [4.69, 9.17) is 10.2 Å². The minimum atomic E-state index is -1.15. The average molecular weight is 322 g/mol. The highest BCUT2D eigenvalue weighted by Crippen LogP contribution is 2.01. The first-order valence-corrected chi connectivity index (χ1v) is 6.46. The number of aliphatic carboxylic acids is 2. The SMILES string of the molecule is O=C(O)CCN(CCCCN(CCC(=O)O)[N+](=O)[O-])[N+](=O)[O-]. The summed E-state index contributed by atoms with van der Waals surface area (Å²) < 4.78 is 0. The number of unbranched alkanes of at least 4 members (excludes halogenated alkanes) is 1. The molecule has 12 nitrogen and oxygen atoms in total. The first-order chi connectivity index (χ1) is 10.2. The molecule has 12 heteroatoms. The van der Waals surface area contributed by atoms with Crippen molar-refractivity contribution in [2.75, 3.05) is 26.2 Å². The molecule has 0 aliphatic heterocycles. The van der Waals surface area contributed by atoms with Crippen LogP contribution in [0.1, 0.15) is 25.7 Å². The Labute approximate surface area is 125 Å². The summed E-state index contributed by atoms with van der Waals surface area (Å²) in [6, 6.07) is 0. The fraction of sp³-hybridized carbons (Fsp3) is 0.800. The number of nitrogens with zero attached hydrogens (tertiary/aromatic N) is 4. The summed E-state index contributed by atoms with van der Waals surface area (Å²) in [6.07, 6.45) is -0.253. The molecule has 0 aromatic carbocycles.